The van der Waals surface area contributed by atoms with Gasteiger partial charge in [-0.05, 0) is 13.3 Å². The average molecular weight is 294 g/mol. The SMILES string of the molecule is CCNC(=O)[C@@H]1C[C@H](N)CN1C(=O)c1cc(C(C)C)on1. The maximum absolute atomic E-state index is 12.5. The van der Waals surface area contributed by atoms with Crippen LogP contribution in [0.25, 0.3) is 0 Å². The van der Waals surface area contributed by atoms with Crippen molar-refractivity contribution in [3.8, 4) is 0 Å². The smallest absolute Gasteiger partial charge is 0.276 e. The Morgan fingerprint density at radius 2 is 2.29 bits per heavy atom. The van der Waals surface area contributed by atoms with Gasteiger partial charge < -0.3 is 20.5 Å². The summed E-state index contributed by atoms with van der Waals surface area (Å²) < 4.78 is 5.15. The van der Waals surface area contributed by atoms with Crippen molar-refractivity contribution < 1.29 is 14.1 Å². The van der Waals surface area contributed by atoms with Crippen LogP contribution in [0.1, 0.15) is 49.4 Å². The minimum atomic E-state index is -0.536. The van der Waals surface area contributed by atoms with Crippen molar-refractivity contribution in [2.75, 3.05) is 13.1 Å². The highest BCUT2D eigenvalue weighted by Gasteiger charge is 2.39. The summed E-state index contributed by atoms with van der Waals surface area (Å²) in [6, 6.07) is 0.899. The van der Waals surface area contributed by atoms with E-state index >= 15 is 0 Å². The summed E-state index contributed by atoms with van der Waals surface area (Å²) in [5, 5.41) is 6.54. The molecule has 0 bridgehead atoms. The lowest BCUT2D eigenvalue weighted by atomic mass is 10.1. The summed E-state index contributed by atoms with van der Waals surface area (Å²) >= 11 is 0. The molecule has 2 rings (SSSR count). The Balaban J connectivity index is 2.17. The monoisotopic (exact) mass is 294 g/mol. The number of rotatable bonds is 4. The molecule has 0 unspecified atom stereocenters. The molecule has 1 aliphatic heterocycles. The summed E-state index contributed by atoms with van der Waals surface area (Å²) in [6.07, 6.45) is 0.465. The highest BCUT2D eigenvalue weighted by atomic mass is 16.5. The second-order valence-corrected chi connectivity index (χ2v) is 5.63. The maximum Gasteiger partial charge on any atom is 0.276 e. The molecule has 1 aromatic heterocycles. The highest BCUT2D eigenvalue weighted by Crippen LogP contribution is 2.21. The molecule has 0 saturated carbocycles. The molecule has 0 aliphatic carbocycles. The van der Waals surface area contributed by atoms with Gasteiger partial charge in [-0.3, -0.25) is 9.59 Å². The molecule has 7 nitrogen and oxygen atoms in total. The molecule has 2 heterocycles. The number of likely N-dealkylation sites (N-methyl/N-ethyl adjacent to an activating group) is 1. The Morgan fingerprint density at radius 1 is 1.57 bits per heavy atom. The van der Waals surface area contributed by atoms with Gasteiger partial charge in [-0.15, -0.1) is 0 Å². The lowest BCUT2D eigenvalue weighted by molar-refractivity contribution is -0.124. The van der Waals surface area contributed by atoms with Crippen LogP contribution >= 0.6 is 0 Å². The Labute approximate surface area is 123 Å². The summed E-state index contributed by atoms with van der Waals surface area (Å²) in [5.74, 6) is 0.316. The van der Waals surface area contributed by atoms with E-state index in [1.165, 1.54) is 4.90 Å². The third-order valence-corrected chi connectivity index (χ3v) is 3.56. The van der Waals surface area contributed by atoms with Crippen molar-refractivity contribution >= 4 is 11.8 Å². The van der Waals surface area contributed by atoms with E-state index in [2.05, 4.69) is 10.5 Å². The van der Waals surface area contributed by atoms with Gasteiger partial charge in [-0.25, -0.2) is 0 Å². The first-order valence-electron chi connectivity index (χ1n) is 7.24. The van der Waals surface area contributed by atoms with Crippen LogP contribution in [0.3, 0.4) is 0 Å². The Morgan fingerprint density at radius 3 is 2.86 bits per heavy atom. The molecule has 2 atom stereocenters. The van der Waals surface area contributed by atoms with Crippen molar-refractivity contribution in [1.29, 1.82) is 0 Å². The topological polar surface area (TPSA) is 101 Å². The number of hydrogen-bond donors (Lipinski definition) is 2. The summed E-state index contributed by atoms with van der Waals surface area (Å²) in [7, 11) is 0. The fourth-order valence-corrected chi connectivity index (χ4v) is 2.44. The number of aromatic nitrogens is 1. The van der Waals surface area contributed by atoms with Gasteiger partial charge in [0.15, 0.2) is 5.69 Å². The minimum absolute atomic E-state index is 0.152. The zero-order valence-corrected chi connectivity index (χ0v) is 12.6. The summed E-state index contributed by atoms with van der Waals surface area (Å²) in [4.78, 5) is 26.0. The third-order valence-electron chi connectivity index (χ3n) is 3.56. The van der Waals surface area contributed by atoms with Gasteiger partial charge in [0.05, 0.1) is 0 Å². The molecule has 7 heteroatoms. The Hall–Kier alpha value is -1.89. The average Bonchev–Trinajstić information content (AvgIpc) is 3.04. The molecule has 21 heavy (non-hydrogen) atoms. The molecular formula is C14H22N4O3. The lowest BCUT2D eigenvalue weighted by Crippen LogP contribution is -2.46. The molecule has 3 N–H and O–H groups in total. The molecule has 0 radical (unpaired) electrons. The quantitative estimate of drug-likeness (QED) is 0.841. The van der Waals surface area contributed by atoms with E-state index in [1.54, 1.807) is 6.07 Å². The van der Waals surface area contributed by atoms with E-state index in [0.717, 1.165) is 0 Å². The number of nitrogens with two attached hydrogens (primary N) is 1. The Bertz CT molecular complexity index is 526. The molecule has 1 fully saturated rings. The van der Waals surface area contributed by atoms with Gasteiger partial charge in [-0.2, -0.15) is 0 Å². The number of nitrogens with zero attached hydrogens (tertiary/aromatic N) is 2. The van der Waals surface area contributed by atoms with E-state index in [0.29, 0.717) is 25.3 Å². The number of carbonyl (C=O) groups excluding carboxylic acids is 2. The van der Waals surface area contributed by atoms with E-state index in [4.69, 9.17) is 10.3 Å². The number of carbonyl (C=O) groups is 2. The molecule has 0 aromatic carbocycles. The second-order valence-electron chi connectivity index (χ2n) is 5.63. The van der Waals surface area contributed by atoms with Crippen LogP contribution in [-0.2, 0) is 4.79 Å². The van der Waals surface area contributed by atoms with Gasteiger partial charge >= 0.3 is 0 Å². The highest BCUT2D eigenvalue weighted by molar-refractivity contribution is 5.96. The first-order valence-corrected chi connectivity index (χ1v) is 7.24. The zero-order valence-electron chi connectivity index (χ0n) is 12.6. The molecule has 1 aliphatic rings. The van der Waals surface area contributed by atoms with Crippen LogP contribution in [0.5, 0.6) is 0 Å². The van der Waals surface area contributed by atoms with Crippen molar-refractivity contribution in [3.63, 3.8) is 0 Å². The molecule has 116 valence electrons. The molecule has 1 aromatic rings. The van der Waals surface area contributed by atoms with Gasteiger partial charge in [0, 0.05) is 31.1 Å². The Kier molecular flexibility index (Phi) is 4.62. The van der Waals surface area contributed by atoms with Crippen molar-refractivity contribution in [3.05, 3.63) is 17.5 Å². The third kappa shape index (κ3) is 3.24. The van der Waals surface area contributed by atoms with E-state index in [1.807, 2.05) is 20.8 Å². The first kappa shape index (κ1) is 15.5. The van der Waals surface area contributed by atoms with E-state index < -0.39 is 6.04 Å². The second kappa shape index (κ2) is 6.26. The van der Waals surface area contributed by atoms with Crippen LogP contribution < -0.4 is 11.1 Å². The van der Waals surface area contributed by atoms with Crippen LogP contribution in [0.15, 0.2) is 10.6 Å². The number of nitrogens with one attached hydrogen (secondary N) is 1. The number of amides is 2. The first-order chi connectivity index (χ1) is 9.93. The van der Waals surface area contributed by atoms with Crippen LogP contribution in [0, 0.1) is 0 Å². The van der Waals surface area contributed by atoms with Crippen LogP contribution in [0.4, 0.5) is 0 Å². The normalized spacial score (nSPS) is 21.9. The minimum Gasteiger partial charge on any atom is -0.360 e. The van der Waals surface area contributed by atoms with Gasteiger partial charge in [-0.1, -0.05) is 19.0 Å². The number of hydrogen-bond acceptors (Lipinski definition) is 5. The molecular weight excluding hydrogens is 272 g/mol. The summed E-state index contributed by atoms with van der Waals surface area (Å²) in [6.45, 7) is 6.63. The fraction of sp³-hybridized carbons (Fsp3) is 0.643. The molecule has 2 amide bonds. The number of likely N-dealkylation sites (tertiary alicyclic amines) is 1. The van der Waals surface area contributed by atoms with Gasteiger partial charge in [0.25, 0.3) is 5.91 Å². The van der Waals surface area contributed by atoms with E-state index in [-0.39, 0.29) is 29.5 Å². The fourth-order valence-electron chi connectivity index (χ4n) is 2.44. The van der Waals surface area contributed by atoms with Gasteiger partial charge in [0.2, 0.25) is 5.91 Å². The van der Waals surface area contributed by atoms with Crippen molar-refractivity contribution in [2.45, 2.75) is 45.2 Å². The van der Waals surface area contributed by atoms with Crippen molar-refractivity contribution in [2.24, 2.45) is 5.73 Å². The standard InChI is InChI=1S/C14H22N4O3/c1-4-16-13(19)11-5-9(15)7-18(11)14(20)10-6-12(8(2)3)21-17-10/h6,8-9,11H,4-5,7,15H2,1-3H3,(H,16,19)/t9-,11-/m0/s1. The maximum atomic E-state index is 12.5. The predicted molar refractivity (Wildman–Crippen MR) is 76.7 cm³/mol. The largest absolute Gasteiger partial charge is 0.360 e. The van der Waals surface area contributed by atoms with Crippen LogP contribution in [0.2, 0.25) is 0 Å². The van der Waals surface area contributed by atoms with Crippen LogP contribution in [-0.4, -0.2) is 47.0 Å². The molecule has 1 saturated heterocycles. The summed E-state index contributed by atoms with van der Waals surface area (Å²) in [5.41, 5.74) is 6.13. The van der Waals surface area contributed by atoms with E-state index in [9.17, 15) is 9.59 Å². The predicted octanol–water partition coefficient (Wildman–Crippen LogP) is 0.476. The zero-order chi connectivity index (χ0) is 15.6. The lowest BCUT2D eigenvalue weighted by Gasteiger charge is -2.22. The van der Waals surface area contributed by atoms with Gasteiger partial charge in [0.1, 0.15) is 11.8 Å². The molecule has 0 spiro atoms. The van der Waals surface area contributed by atoms with Crippen molar-refractivity contribution in [1.82, 2.24) is 15.4 Å².